The normalized spacial score (nSPS) is 16.7. The van der Waals surface area contributed by atoms with Crippen LogP contribution >= 0.6 is 0 Å². The molecule has 2 aliphatic rings. The van der Waals surface area contributed by atoms with Gasteiger partial charge in [0.2, 0.25) is 5.91 Å². The van der Waals surface area contributed by atoms with E-state index in [1.807, 2.05) is 30.3 Å². The molecule has 1 saturated heterocycles. The molecule has 2 aromatic heterocycles. The number of nitriles is 1. The smallest absolute Gasteiger partial charge is 0.220 e. The lowest BCUT2D eigenvalue weighted by Gasteiger charge is -2.38. The number of hydrogen-bond acceptors (Lipinski definition) is 5. The molecule has 4 aromatic rings. The maximum Gasteiger partial charge on any atom is 0.220 e. The largest absolute Gasteiger partial charge is 0.369 e. The number of carbonyl (C=O) groups is 1. The van der Waals surface area contributed by atoms with E-state index >= 15 is 0 Å². The van der Waals surface area contributed by atoms with E-state index in [4.69, 9.17) is 10.7 Å². The highest BCUT2D eigenvalue weighted by molar-refractivity contribution is 5.86. The first-order valence-corrected chi connectivity index (χ1v) is 12.9. The summed E-state index contributed by atoms with van der Waals surface area (Å²) in [5.74, 6) is 0.521. The zero-order valence-corrected chi connectivity index (χ0v) is 20.7. The predicted octanol–water partition coefficient (Wildman–Crippen LogP) is 3.80. The number of hydrogen-bond donors (Lipinski definition) is 1. The minimum Gasteiger partial charge on any atom is -0.369 e. The molecule has 188 valence electrons. The van der Waals surface area contributed by atoms with Crippen molar-refractivity contribution < 1.29 is 9.18 Å². The van der Waals surface area contributed by atoms with E-state index in [0.29, 0.717) is 24.1 Å². The molecule has 0 bridgehead atoms. The number of amides is 1. The number of halogens is 1. The van der Waals surface area contributed by atoms with Crippen molar-refractivity contribution in [1.29, 1.82) is 5.26 Å². The summed E-state index contributed by atoms with van der Waals surface area (Å²) in [6, 6.07) is 17.2. The van der Waals surface area contributed by atoms with Crippen molar-refractivity contribution in [2.45, 2.75) is 32.2 Å². The van der Waals surface area contributed by atoms with Crippen LogP contribution in [0, 0.1) is 23.1 Å². The fraction of sp³-hybridized carbons (Fsp3) is 0.345. The number of primary amides is 1. The van der Waals surface area contributed by atoms with E-state index in [-0.39, 0.29) is 17.6 Å². The van der Waals surface area contributed by atoms with E-state index < -0.39 is 0 Å². The van der Waals surface area contributed by atoms with Crippen molar-refractivity contribution in [2.75, 3.05) is 31.1 Å². The molecule has 0 radical (unpaired) electrons. The number of benzene rings is 2. The molecule has 7 nitrogen and oxygen atoms in total. The molecule has 0 spiro atoms. The minimum absolute atomic E-state index is 0.104. The molecule has 1 amide bonds. The number of piperidine rings is 1. The van der Waals surface area contributed by atoms with Gasteiger partial charge in [0.25, 0.3) is 0 Å². The summed E-state index contributed by atoms with van der Waals surface area (Å²) in [6.45, 7) is 3.87. The Hall–Kier alpha value is -3.96. The third-order valence-corrected chi connectivity index (χ3v) is 7.93. The standard InChI is InChI=1S/C29H29FN6O/c30-21-7-5-19(6-8-21)9-13-34-14-12-22-23(17-31)28-33-25-3-1-2-4-26(25)36(28)29(24(22)18-34)35-15-10-20(11-16-35)27(32)37/h1-8,20H,9-16,18H2,(H2,32,37). The number of nitrogens with two attached hydrogens (primary N) is 1. The third kappa shape index (κ3) is 4.19. The summed E-state index contributed by atoms with van der Waals surface area (Å²) in [5.41, 5.74) is 12.2. The number of fused-ring (bicyclic) bond motifs is 4. The SMILES string of the molecule is N#Cc1c2c(c(N3CCC(C(N)=O)CC3)n3c1nc1ccccc13)CN(CCc1ccc(F)cc1)CC2. The van der Waals surface area contributed by atoms with Crippen molar-refractivity contribution in [2.24, 2.45) is 11.7 Å². The Morgan fingerprint density at radius 2 is 1.84 bits per heavy atom. The van der Waals surface area contributed by atoms with Crippen LogP contribution in [-0.2, 0) is 24.2 Å². The number of anilines is 1. The Morgan fingerprint density at radius 3 is 2.57 bits per heavy atom. The number of carbonyl (C=O) groups excluding carboxylic acids is 1. The number of imidazole rings is 1. The lowest BCUT2D eigenvalue weighted by atomic mass is 9.92. The Labute approximate surface area is 214 Å². The van der Waals surface area contributed by atoms with Crippen LogP contribution in [0.2, 0.25) is 0 Å². The molecule has 0 atom stereocenters. The Balaban J connectivity index is 1.43. The van der Waals surface area contributed by atoms with Crippen LogP contribution in [0.1, 0.15) is 35.1 Å². The van der Waals surface area contributed by atoms with Gasteiger partial charge in [0.1, 0.15) is 17.7 Å². The van der Waals surface area contributed by atoms with E-state index in [1.54, 1.807) is 0 Å². The van der Waals surface area contributed by atoms with Gasteiger partial charge in [0, 0.05) is 44.2 Å². The zero-order valence-electron chi connectivity index (χ0n) is 20.7. The summed E-state index contributed by atoms with van der Waals surface area (Å²) >= 11 is 0. The van der Waals surface area contributed by atoms with E-state index in [9.17, 15) is 14.4 Å². The van der Waals surface area contributed by atoms with E-state index in [1.165, 1.54) is 12.1 Å². The van der Waals surface area contributed by atoms with Crippen molar-refractivity contribution in [1.82, 2.24) is 14.3 Å². The second-order valence-electron chi connectivity index (χ2n) is 10.1. The summed E-state index contributed by atoms with van der Waals surface area (Å²) in [5, 5.41) is 10.2. The third-order valence-electron chi connectivity index (χ3n) is 7.93. The van der Waals surface area contributed by atoms with Gasteiger partial charge >= 0.3 is 0 Å². The molecule has 2 aromatic carbocycles. The van der Waals surface area contributed by atoms with Gasteiger partial charge in [-0.25, -0.2) is 9.37 Å². The van der Waals surface area contributed by atoms with Crippen LogP contribution < -0.4 is 10.6 Å². The van der Waals surface area contributed by atoms with Gasteiger partial charge in [-0.1, -0.05) is 24.3 Å². The fourth-order valence-electron chi connectivity index (χ4n) is 5.93. The van der Waals surface area contributed by atoms with Gasteiger partial charge in [-0.2, -0.15) is 5.26 Å². The summed E-state index contributed by atoms with van der Waals surface area (Å²) < 4.78 is 15.5. The molecule has 8 heteroatoms. The van der Waals surface area contributed by atoms with E-state index in [2.05, 4.69) is 26.3 Å². The number of nitrogens with zero attached hydrogens (tertiary/aromatic N) is 5. The summed E-state index contributed by atoms with van der Waals surface area (Å²) in [6.07, 6.45) is 3.03. The quantitative estimate of drug-likeness (QED) is 0.454. The minimum atomic E-state index is -0.230. The highest BCUT2D eigenvalue weighted by atomic mass is 19.1. The van der Waals surface area contributed by atoms with Gasteiger partial charge in [-0.05, 0) is 61.1 Å². The van der Waals surface area contributed by atoms with Gasteiger partial charge in [0.15, 0.2) is 5.65 Å². The van der Waals surface area contributed by atoms with Crippen molar-refractivity contribution in [3.63, 3.8) is 0 Å². The van der Waals surface area contributed by atoms with Crippen LogP contribution in [0.15, 0.2) is 48.5 Å². The molecular formula is C29H29FN6O. The van der Waals surface area contributed by atoms with Crippen LogP contribution in [0.4, 0.5) is 10.2 Å². The van der Waals surface area contributed by atoms with Crippen molar-refractivity contribution in [3.05, 3.63) is 76.6 Å². The topological polar surface area (TPSA) is 90.7 Å². The Bertz CT molecular complexity index is 1530. The predicted molar refractivity (Wildman–Crippen MR) is 141 cm³/mol. The van der Waals surface area contributed by atoms with Crippen LogP contribution in [0.5, 0.6) is 0 Å². The Morgan fingerprint density at radius 1 is 1.08 bits per heavy atom. The van der Waals surface area contributed by atoms with E-state index in [0.717, 1.165) is 79.1 Å². The van der Waals surface area contributed by atoms with Crippen LogP contribution in [0.25, 0.3) is 16.7 Å². The maximum absolute atomic E-state index is 13.3. The zero-order chi connectivity index (χ0) is 25.5. The number of pyridine rings is 1. The molecule has 2 N–H and O–H groups in total. The molecule has 0 aliphatic carbocycles. The van der Waals surface area contributed by atoms with Crippen LogP contribution in [0.3, 0.4) is 0 Å². The van der Waals surface area contributed by atoms with Crippen LogP contribution in [-0.4, -0.2) is 46.4 Å². The van der Waals surface area contributed by atoms with Gasteiger partial charge < -0.3 is 10.6 Å². The molecule has 6 rings (SSSR count). The fourth-order valence-corrected chi connectivity index (χ4v) is 5.93. The molecule has 0 unspecified atom stereocenters. The first-order chi connectivity index (χ1) is 18.0. The van der Waals surface area contributed by atoms with Crippen molar-refractivity contribution in [3.8, 4) is 6.07 Å². The maximum atomic E-state index is 13.3. The van der Waals surface area contributed by atoms with Gasteiger partial charge in [-0.3, -0.25) is 14.1 Å². The molecule has 4 heterocycles. The average molecular weight is 497 g/mol. The average Bonchev–Trinajstić information content (AvgIpc) is 3.30. The molecule has 0 saturated carbocycles. The number of para-hydroxylation sites is 2. The first kappa shape index (κ1) is 23.4. The van der Waals surface area contributed by atoms with Gasteiger partial charge in [0.05, 0.1) is 16.6 Å². The molecule has 2 aliphatic heterocycles. The first-order valence-electron chi connectivity index (χ1n) is 12.9. The highest BCUT2D eigenvalue weighted by Gasteiger charge is 2.32. The highest BCUT2D eigenvalue weighted by Crippen LogP contribution is 2.38. The summed E-state index contributed by atoms with van der Waals surface area (Å²) in [4.78, 5) is 21.5. The lowest BCUT2D eigenvalue weighted by Crippen LogP contribution is -2.41. The van der Waals surface area contributed by atoms with Gasteiger partial charge in [-0.15, -0.1) is 0 Å². The molecular weight excluding hydrogens is 467 g/mol. The molecule has 37 heavy (non-hydrogen) atoms. The van der Waals surface area contributed by atoms with Crippen molar-refractivity contribution >= 4 is 28.4 Å². The second kappa shape index (κ2) is 9.49. The second-order valence-corrected chi connectivity index (χ2v) is 10.1. The molecule has 1 fully saturated rings. The lowest BCUT2D eigenvalue weighted by molar-refractivity contribution is -0.122. The Kier molecular flexibility index (Phi) is 6.01. The number of rotatable bonds is 5. The monoisotopic (exact) mass is 496 g/mol. The number of aromatic nitrogens is 2. The summed E-state index contributed by atoms with van der Waals surface area (Å²) in [7, 11) is 0.